The predicted molar refractivity (Wildman–Crippen MR) is 196 cm³/mol. The van der Waals surface area contributed by atoms with Gasteiger partial charge in [-0.05, 0) is 56.3 Å². The van der Waals surface area contributed by atoms with E-state index < -0.39 is 0 Å². The van der Waals surface area contributed by atoms with E-state index in [0.29, 0.717) is 0 Å². The van der Waals surface area contributed by atoms with Gasteiger partial charge in [0.1, 0.15) is 0 Å². The van der Waals surface area contributed by atoms with Gasteiger partial charge in [0.15, 0.2) is 0 Å². The average molecular weight is 597 g/mol. The highest BCUT2D eigenvalue weighted by Gasteiger charge is 2.19. The molecule has 0 aliphatic heterocycles. The Morgan fingerprint density at radius 2 is 0.717 bits per heavy atom. The second-order valence-corrected chi connectivity index (χ2v) is 14.4. The van der Waals surface area contributed by atoms with Crippen molar-refractivity contribution in [3.63, 3.8) is 0 Å². The van der Waals surface area contributed by atoms with Gasteiger partial charge >= 0.3 is 0 Å². The topological polar surface area (TPSA) is 25.8 Å². The summed E-state index contributed by atoms with van der Waals surface area (Å²) in [5.74, 6) is 0. The first kappa shape index (κ1) is 29.6. The molecule has 2 heteroatoms. The van der Waals surface area contributed by atoms with Crippen molar-refractivity contribution in [3.8, 4) is 44.8 Å². The Balaban J connectivity index is 1.54. The van der Waals surface area contributed by atoms with Gasteiger partial charge in [0.25, 0.3) is 0 Å². The Morgan fingerprint density at radius 3 is 1.04 bits per heavy atom. The zero-order valence-electron chi connectivity index (χ0n) is 27.6. The number of rotatable bonds is 4. The SMILES string of the molecule is CC(C)(C)c1ccc(-c2cc(-c3ccccc3)nc3c2ccc2c(-c4ccc(C(C)(C)C)cc4)cc(-c4ccccc4)nc23)cc1. The summed E-state index contributed by atoms with van der Waals surface area (Å²) in [7, 11) is 0. The maximum atomic E-state index is 5.37. The van der Waals surface area contributed by atoms with Crippen LogP contribution in [0.25, 0.3) is 66.6 Å². The molecule has 7 rings (SSSR count). The number of hydrogen-bond donors (Lipinski definition) is 0. The Bertz CT molecular complexity index is 2000. The van der Waals surface area contributed by atoms with Crippen LogP contribution in [-0.2, 0) is 10.8 Å². The molecular formula is C44H40N2. The van der Waals surface area contributed by atoms with Gasteiger partial charge in [0.05, 0.1) is 22.4 Å². The Hall–Kier alpha value is -5.08. The van der Waals surface area contributed by atoms with Gasteiger partial charge in [-0.3, -0.25) is 0 Å². The van der Waals surface area contributed by atoms with E-state index in [-0.39, 0.29) is 10.8 Å². The van der Waals surface area contributed by atoms with E-state index in [1.165, 1.54) is 22.3 Å². The molecule has 46 heavy (non-hydrogen) atoms. The van der Waals surface area contributed by atoms with Crippen LogP contribution in [0.15, 0.2) is 133 Å². The van der Waals surface area contributed by atoms with Crippen LogP contribution in [0.2, 0.25) is 0 Å². The lowest BCUT2D eigenvalue weighted by Crippen LogP contribution is -2.10. The van der Waals surface area contributed by atoms with E-state index in [2.05, 4.69) is 175 Å². The van der Waals surface area contributed by atoms with Crippen molar-refractivity contribution in [3.05, 3.63) is 145 Å². The second kappa shape index (κ2) is 11.4. The van der Waals surface area contributed by atoms with Gasteiger partial charge in [-0.25, -0.2) is 9.97 Å². The van der Waals surface area contributed by atoms with Gasteiger partial charge in [-0.1, -0.05) is 163 Å². The minimum atomic E-state index is 0.0868. The van der Waals surface area contributed by atoms with Crippen molar-refractivity contribution in [2.24, 2.45) is 0 Å². The molecule has 0 radical (unpaired) electrons. The molecule has 0 amide bonds. The second-order valence-electron chi connectivity index (χ2n) is 14.4. The fraction of sp³-hybridized carbons (Fsp3) is 0.182. The molecule has 0 aliphatic rings. The van der Waals surface area contributed by atoms with Crippen molar-refractivity contribution in [1.82, 2.24) is 9.97 Å². The summed E-state index contributed by atoms with van der Waals surface area (Å²) in [6.45, 7) is 13.5. The van der Waals surface area contributed by atoms with Gasteiger partial charge in [0, 0.05) is 21.9 Å². The summed E-state index contributed by atoms with van der Waals surface area (Å²) in [5.41, 5.74) is 13.4. The Morgan fingerprint density at radius 1 is 0.370 bits per heavy atom. The third-order valence-electron chi connectivity index (χ3n) is 9.02. The fourth-order valence-electron chi connectivity index (χ4n) is 6.27. The summed E-state index contributed by atoms with van der Waals surface area (Å²) in [4.78, 5) is 10.7. The molecule has 0 unspecified atom stereocenters. The molecule has 2 aromatic heterocycles. The Labute approximate surface area is 272 Å². The predicted octanol–water partition coefficient (Wildman–Crippen LogP) is 12.0. The van der Waals surface area contributed by atoms with E-state index in [9.17, 15) is 0 Å². The molecule has 0 saturated heterocycles. The van der Waals surface area contributed by atoms with Crippen molar-refractivity contribution in [2.75, 3.05) is 0 Å². The van der Waals surface area contributed by atoms with Crippen molar-refractivity contribution < 1.29 is 0 Å². The fourth-order valence-corrected chi connectivity index (χ4v) is 6.27. The molecule has 0 saturated carbocycles. The molecule has 0 spiro atoms. The van der Waals surface area contributed by atoms with Crippen LogP contribution in [0.5, 0.6) is 0 Å². The van der Waals surface area contributed by atoms with Crippen molar-refractivity contribution in [2.45, 2.75) is 52.4 Å². The smallest absolute Gasteiger partial charge is 0.0978 e. The lowest BCUT2D eigenvalue weighted by molar-refractivity contribution is 0.590. The average Bonchev–Trinajstić information content (AvgIpc) is 3.07. The van der Waals surface area contributed by atoms with Crippen molar-refractivity contribution >= 4 is 21.8 Å². The molecule has 0 atom stereocenters. The maximum absolute atomic E-state index is 5.37. The molecular weight excluding hydrogens is 556 g/mol. The number of benzene rings is 5. The lowest BCUT2D eigenvalue weighted by atomic mass is 9.85. The van der Waals surface area contributed by atoms with Gasteiger partial charge in [-0.15, -0.1) is 0 Å². The molecule has 2 heterocycles. The molecule has 2 nitrogen and oxygen atoms in total. The number of fused-ring (bicyclic) bond motifs is 3. The highest BCUT2D eigenvalue weighted by atomic mass is 14.8. The molecule has 0 fully saturated rings. The van der Waals surface area contributed by atoms with Crippen LogP contribution in [-0.4, -0.2) is 9.97 Å². The Kier molecular flexibility index (Phi) is 7.32. The number of nitrogens with zero attached hydrogens (tertiary/aromatic N) is 2. The molecule has 7 aromatic rings. The largest absolute Gasteiger partial charge is 0.245 e. The summed E-state index contributed by atoms with van der Waals surface area (Å²) >= 11 is 0. The first-order valence-corrected chi connectivity index (χ1v) is 16.2. The number of aromatic nitrogens is 2. The van der Waals surface area contributed by atoms with Crippen LogP contribution >= 0.6 is 0 Å². The standard InChI is InChI=1S/C44H40N2/c1-43(2,3)33-21-17-29(18-22-33)37-27-39(31-13-9-7-10-14-31)45-41-35(37)25-26-36-38(30-19-23-34(24-20-30)44(4,5)6)28-40(46-42(36)41)32-15-11-8-12-16-32/h7-28H,1-6H3. The zero-order chi connectivity index (χ0) is 32.1. The monoisotopic (exact) mass is 596 g/mol. The van der Waals surface area contributed by atoms with E-state index in [0.717, 1.165) is 55.4 Å². The van der Waals surface area contributed by atoms with E-state index in [1.54, 1.807) is 0 Å². The summed E-state index contributed by atoms with van der Waals surface area (Å²) in [6.07, 6.45) is 0. The zero-order valence-corrected chi connectivity index (χ0v) is 27.6. The van der Waals surface area contributed by atoms with Gasteiger partial charge in [0.2, 0.25) is 0 Å². The van der Waals surface area contributed by atoms with E-state index >= 15 is 0 Å². The van der Waals surface area contributed by atoms with Crippen LogP contribution in [0, 0.1) is 0 Å². The molecule has 5 aromatic carbocycles. The normalized spacial score (nSPS) is 12.1. The highest BCUT2D eigenvalue weighted by molar-refractivity contribution is 6.13. The van der Waals surface area contributed by atoms with Gasteiger partial charge in [-0.2, -0.15) is 0 Å². The van der Waals surface area contributed by atoms with Crippen LogP contribution in [0.1, 0.15) is 52.7 Å². The summed E-state index contributed by atoms with van der Waals surface area (Å²) < 4.78 is 0. The third kappa shape index (κ3) is 5.61. The van der Waals surface area contributed by atoms with E-state index in [4.69, 9.17) is 9.97 Å². The summed E-state index contributed by atoms with van der Waals surface area (Å²) in [6, 6.07) is 48.0. The molecule has 0 aliphatic carbocycles. The lowest BCUT2D eigenvalue weighted by Gasteiger charge is -2.20. The minimum absolute atomic E-state index is 0.0868. The molecule has 0 bridgehead atoms. The van der Waals surface area contributed by atoms with Crippen LogP contribution in [0.3, 0.4) is 0 Å². The van der Waals surface area contributed by atoms with Crippen LogP contribution in [0.4, 0.5) is 0 Å². The first-order valence-electron chi connectivity index (χ1n) is 16.2. The quantitative estimate of drug-likeness (QED) is 0.189. The number of hydrogen-bond acceptors (Lipinski definition) is 2. The van der Waals surface area contributed by atoms with Gasteiger partial charge < -0.3 is 0 Å². The molecule has 226 valence electrons. The minimum Gasteiger partial charge on any atom is -0.245 e. The van der Waals surface area contributed by atoms with Crippen LogP contribution < -0.4 is 0 Å². The number of pyridine rings is 2. The summed E-state index contributed by atoms with van der Waals surface area (Å²) in [5, 5.41) is 2.20. The van der Waals surface area contributed by atoms with Crippen molar-refractivity contribution in [1.29, 1.82) is 0 Å². The first-order chi connectivity index (χ1) is 22.1. The third-order valence-corrected chi connectivity index (χ3v) is 9.02. The molecule has 0 N–H and O–H groups in total. The highest BCUT2D eigenvalue weighted by Crippen LogP contribution is 2.40. The maximum Gasteiger partial charge on any atom is 0.0978 e. The van der Waals surface area contributed by atoms with E-state index in [1.807, 2.05) is 0 Å².